The van der Waals surface area contributed by atoms with Crippen LogP contribution in [0, 0.1) is 17.8 Å². The number of allylic oxidation sites excluding steroid dienone is 21. The van der Waals surface area contributed by atoms with Gasteiger partial charge in [0.05, 0.1) is 12.2 Å². The van der Waals surface area contributed by atoms with Gasteiger partial charge in [0.15, 0.2) is 17.3 Å². The Morgan fingerprint density at radius 2 is 0.957 bits per heavy atom. The normalized spacial score (nSPS) is 20.3. The second-order valence-corrected chi connectivity index (χ2v) is 17.7. The van der Waals surface area contributed by atoms with Crippen LogP contribution in [-0.4, -0.2) is 61.9 Å². The summed E-state index contributed by atoms with van der Waals surface area (Å²) in [5.41, 5.74) is 2.45. The number of unbranched alkanes of at least 4 members (excludes halogenated alkanes) is 6. The smallest absolute Gasteiger partial charge is 0.303 e. The monoisotopic (exact) mass is 967 g/mol. The van der Waals surface area contributed by atoms with Crippen LogP contribution >= 0.6 is 0 Å². The molecule has 0 aliphatic heterocycles. The van der Waals surface area contributed by atoms with E-state index in [1.165, 1.54) is 12.8 Å². The van der Waals surface area contributed by atoms with Crippen molar-refractivity contribution in [2.24, 2.45) is 17.8 Å². The summed E-state index contributed by atoms with van der Waals surface area (Å²) in [6, 6.07) is 0. The summed E-state index contributed by atoms with van der Waals surface area (Å²) < 4.78 is 0. The lowest BCUT2D eigenvalue weighted by Gasteiger charge is -2.11. The van der Waals surface area contributed by atoms with Crippen LogP contribution in [0.4, 0.5) is 0 Å². The highest BCUT2D eigenvalue weighted by Gasteiger charge is 2.23. The fourth-order valence-electron chi connectivity index (χ4n) is 7.61. The number of hydrogen-bond donors (Lipinski definition) is 4. The number of carbonyl (C=O) groups is 5. The lowest BCUT2D eigenvalue weighted by molar-refractivity contribution is -0.138. The second-order valence-electron chi connectivity index (χ2n) is 17.7. The molecule has 9 nitrogen and oxygen atoms in total. The minimum absolute atomic E-state index is 0. The lowest BCUT2D eigenvalue weighted by Crippen LogP contribution is -2.08. The average Bonchev–Trinajstić information content (AvgIpc) is 3.99. The van der Waals surface area contributed by atoms with Gasteiger partial charge >= 0.3 is 11.9 Å². The van der Waals surface area contributed by atoms with Crippen LogP contribution in [0.25, 0.3) is 0 Å². The van der Waals surface area contributed by atoms with E-state index >= 15 is 0 Å². The largest absolute Gasteiger partial charge is 0.481 e. The van der Waals surface area contributed by atoms with Gasteiger partial charge in [-0.1, -0.05) is 177 Å². The van der Waals surface area contributed by atoms with Gasteiger partial charge in [0.1, 0.15) is 0 Å². The standard InChI is InChI=1S/C20H30O4.C20H26O3.C20H30O2.CH4/c1-2-3-6-10-17(21)13-14-18-16(12-15-19(18)22)9-7-4-5-8-11-20(23)24;1-2-3-4-5-6-10-13-18-17(15-16-19(18)21)12-9-7-8-11-14-20(22)23;1-3-5-7-8-10-11-17-13-16-20(22)19(17)15-14-18(21)12-9-6-4-2;/h4,7,12,14-17,21H,2-3,5-6,8-11,13H2,1H3,(H,23,24);3-4,6-7,9-10,13,15-17H,2,5,8,11-12,14H2,1H3,(H,22,23);6,8-10,13,15-18,21H,3-5,7,11-12,14H2,1-2H3;1H4/b7-4-,18-14+;4-3-,9-7-,10-6+,18-13+;9-6-,10-8-,19-15+;/t16-,17-;17-;17-,18-;/m000./s1. The predicted molar refractivity (Wildman–Crippen MR) is 290 cm³/mol. The van der Waals surface area contributed by atoms with Gasteiger partial charge in [-0.3, -0.25) is 24.0 Å². The number of carboxylic acids is 2. The van der Waals surface area contributed by atoms with Crippen LogP contribution in [-0.2, 0) is 24.0 Å². The minimum atomic E-state index is -0.768. The number of hydrogen-bond acceptors (Lipinski definition) is 7. The van der Waals surface area contributed by atoms with Crippen LogP contribution in [0.15, 0.2) is 144 Å². The van der Waals surface area contributed by atoms with Crippen LogP contribution in [0.3, 0.4) is 0 Å². The molecule has 0 unspecified atom stereocenters. The highest BCUT2D eigenvalue weighted by Crippen LogP contribution is 2.28. The average molecular weight is 967 g/mol. The number of ketones is 3. The minimum Gasteiger partial charge on any atom is -0.481 e. The van der Waals surface area contributed by atoms with Crippen molar-refractivity contribution < 1.29 is 44.4 Å². The van der Waals surface area contributed by atoms with Crippen LogP contribution < -0.4 is 0 Å². The van der Waals surface area contributed by atoms with Crippen molar-refractivity contribution in [2.75, 3.05) is 0 Å². The van der Waals surface area contributed by atoms with Crippen molar-refractivity contribution in [1.29, 1.82) is 0 Å². The van der Waals surface area contributed by atoms with Crippen LogP contribution in [0.2, 0.25) is 0 Å². The van der Waals surface area contributed by atoms with Gasteiger partial charge in [-0.2, -0.15) is 0 Å². The summed E-state index contributed by atoms with van der Waals surface area (Å²) in [5, 5.41) is 37.1. The van der Waals surface area contributed by atoms with E-state index in [1.54, 1.807) is 18.2 Å². The fraction of sp³-hybridized carbons (Fsp3) is 0.525. The highest BCUT2D eigenvalue weighted by molar-refractivity contribution is 6.08. The molecule has 0 aromatic rings. The van der Waals surface area contributed by atoms with Crippen LogP contribution in [0.1, 0.15) is 176 Å². The molecule has 0 saturated carbocycles. The Hall–Kier alpha value is -5.25. The first-order chi connectivity index (χ1) is 33.4. The molecule has 0 saturated heterocycles. The van der Waals surface area contributed by atoms with E-state index in [9.17, 15) is 34.2 Å². The first-order valence-electron chi connectivity index (χ1n) is 25.9. The quantitative estimate of drug-likeness (QED) is 0.0291. The predicted octanol–water partition coefficient (Wildman–Crippen LogP) is 14.5. The summed E-state index contributed by atoms with van der Waals surface area (Å²) in [7, 11) is 0. The Labute approximate surface area is 422 Å². The molecule has 4 N–H and O–H groups in total. The molecule has 0 amide bonds. The SMILES string of the molecule is C.CC/C=C\C/C=C/C=C1/C(=O)C=C[C@@H]1C/C=C\CCCC(=O)O.CC/C=C\C[C@H](O)C/C=C1/C(=O)C=C[C@@H]1C/C=C\CCCC.CCCCC[C@H](O)C/C=C1/C(=O)C=C[C@@H]1C/C=C\CCCC(=O)O. The van der Waals surface area contributed by atoms with Gasteiger partial charge in [-0.15, -0.1) is 0 Å². The molecule has 0 bridgehead atoms. The van der Waals surface area contributed by atoms with Gasteiger partial charge in [-0.25, -0.2) is 0 Å². The van der Waals surface area contributed by atoms with Gasteiger partial charge in [0.25, 0.3) is 0 Å². The van der Waals surface area contributed by atoms with Crippen molar-refractivity contribution in [3.8, 4) is 0 Å². The van der Waals surface area contributed by atoms with E-state index in [4.69, 9.17) is 10.2 Å². The molecule has 0 aromatic heterocycles. The summed E-state index contributed by atoms with van der Waals surface area (Å²) in [6.45, 7) is 8.50. The Bertz CT molecular complexity index is 1890. The molecular formula is C61H90O9. The van der Waals surface area contributed by atoms with Gasteiger partial charge in [-0.05, 0) is 115 Å². The number of carbonyl (C=O) groups excluding carboxylic acids is 3. The Morgan fingerprint density at radius 3 is 1.43 bits per heavy atom. The molecule has 0 radical (unpaired) electrons. The first-order valence-corrected chi connectivity index (χ1v) is 25.9. The van der Waals surface area contributed by atoms with Crippen LogP contribution in [0.5, 0.6) is 0 Å². The number of carboxylic acid groups (broad SMARTS) is 2. The molecule has 3 rings (SSSR count). The van der Waals surface area contributed by atoms with Crippen molar-refractivity contribution >= 4 is 29.3 Å². The summed E-state index contributed by atoms with van der Waals surface area (Å²) in [5.74, 6) is -0.899. The number of aliphatic hydroxyl groups is 2. The first kappa shape index (κ1) is 64.8. The Kier molecular flexibility index (Phi) is 39.4. The fourth-order valence-corrected chi connectivity index (χ4v) is 7.61. The maximum atomic E-state index is 11.9. The third kappa shape index (κ3) is 31.8. The summed E-state index contributed by atoms with van der Waals surface area (Å²) in [4.78, 5) is 56.6. The molecule has 0 fully saturated rings. The molecule has 388 valence electrons. The maximum absolute atomic E-state index is 11.9. The zero-order valence-corrected chi connectivity index (χ0v) is 42.4. The summed E-state index contributed by atoms with van der Waals surface area (Å²) >= 11 is 0. The molecular weight excluding hydrogens is 877 g/mol. The summed E-state index contributed by atoms with van der Waals surface area (Å²) in [6.07, 6.45) is 58.3. The molecule has 9 heteroatoms. The van der Waals surface area contributed by atoms with E-state index in [0.29, 0.717) is 32.1 Å². The zero-order chi connectivity index (χ0) is 50.9. The topological polar surface area (TPSA) is 166 Å². The van der Waals surface area contributed by atoms with E-state index in [1.807, 2.05) is 79.0 Å². The number of aliphatic hydroxyl groups excluding tert-OH is 2. The van der Waals surface area contributed by atoms with Gasteiger partial charge in [0.2, 0.25) is 0 Å². The lowest BCUT2D eigenvalue weighted by atomic mass is 9.95. The third-order valence-electron chi connectivity index (χ3n) is 11.7. The van der Waals surface area contributed by atoms with Gasteiger partial charge in [0, 0.05) is 47.3 Å². The Balaban J connectivity index is 0.00000101. The molecule has 0 spiro atoms. The Morgan fingerprint density at radius 1 is 0.514 bits per heavy atom. The third-order valence-corrected chi connectivity index (χ3v) is 11.7. The van der Waals surface area contributed by atoms with Crippen molar-refractivity contribution in [2.45, 2.75) is 189 Å². The molecule has 3 aliphatic rings. The molecule has 3 aliphatic carbocycles. The molecule has 70 heavy (non-hydrogen) atoms. The van der Waals surface area contributed by atoms with E-state index in [2.05, 4.69) is 58.1 Å². The highest BCUT2D eigenvalue weighted by atomic mass is 16.4. The van der Waals surface area contributed by atoms with E-state index < -0.39 is 18.0 Å². The molecule has 0 aromatic carbocycles. The van der Waals surface area contributed by atoms with E-state index in [0.717, 1.165) is 100 Å². The zero-order valence-electron chi connectivity index (χ0n) is 42.4. The number of rotatable bonds is 32. The van der Waals surface area contributed by atoms with E-state index in [-0.39, 0.29) is 61.5 Å². The second kappa shape index (κ2) is 42.6. The maximum Gasteiger partial charge on any atom is 0.303 e. The number of aliphatic carboxylic acids is 2. The molecule has 5 atom stereocenters. The van der Waals surface area contributed by atoms with Crippen molar-refractivity contribution in [3.05, 3.63) is 144 Å². The van der Waals surface area contributed by atoms with Gasteiger partial charge < -0.3 is 20.4 Å². The van der Waals surface area contributed by atoms with Crippen molar-refractivity contribution in [1.82, 2.24) is 0 Å². The van der Waals surface area contributed by atoms with Crippen molar-refractivity contribution in [3.63, 3.8) is 0 Å². The molecule has 0 heterocycles.